The third-order valence-corrected chi connectivity index (χ3v) is 3.14. The minimum Gasteiger partial charge on any atom is -0.389 e. The van der Waals surface area contributed by atoms with Crippen molar-refractivity contribution in [1.82, 2.24) is 0 Å². The maximum Gasteiger partial charge on any atom is 0.157 e. The van der Waals surface area contributed by atoms with Crippen LogP contribution in [-0.4, -0.2) is 30.2 Å². The smallest absolute Gasteiger partial charge is 0.157 e. The number of ether oxygens (including phenoxy) is 2. The van der Waals surface area contributed by atoms with Crippen LogP contribution in [-0.2, 0) is 9.47 Å². The molecule has 3 atom stereocenters. The third-order valence-electron chi connectivity index (χ3n) is 3.14. The van der Waals surface area contributed by atoms with Crippen LogP contribution in [0, 0.1) is 0 Å². The fraction of sp³-hybridized carbons (Fsp3) is 0.857. The molecule has 0 bridgehead atoms. The lowest BCUT2D eigenvalue weighted by Gasteiger charge is -2.28. The molecule has 1 fully saturated rings. The molecule has 0 aromatic carbocycles. The lowest BCUT2D eigenvalue weighted by Crippen LogP contribution is -2.30. The number of unbranched alkanes of at least 4 members (excludes halogenated alkanes) is 1. The van der Waals surface area contributed by atoms with Gasteiger partial charge in [-0.2, -0.15) is 0 Å². The van der Waals surface area contributed by atoms with Gasteiger partial charge in [0.05, 0.1) is 12.2 Å². The number of rotatable bonds is 8. The first-order valence-corrected chi connectivity index (χ1v) is 6.84. The van der Waals surface area contributed by atoms with Gasteiger partial charge >= 0.3 is 0 Å². The predicted molar refractivity (Wildman–Crippen MR) is 68.8 cm³/mol. The van der Waals surface area contributed by atoms with Gasteiger partial charge in [0, 0.05) is 13.0 Å². The molecule has 1 aliphatic rings. The average molecular weight is 242 g/mol. The Morgan fingerprint density at radius 1 is 1.53 bits per heavy atom. The summed E-state index contributed by atoms with van der Waals surface area (Å²) < 4.78 is 11.5. The molecule has 3 heteroatoms. The van der Waals surface area contributed by atoms with E-state index in [1.807, 2.05) is 0 Å². The minimum absolute atomic E-state index is 0.0670. The highest BCUT2D eigenvalue weighted by Gasteiger charge is 2.20. The molecule has 1 N–H and O–H groups in total. The van der Waals surface area contributed by atoms with Crippen molar-refractivity contribution in [3.05, 3.63) is 12.7 Å². The molecule has 1 saturated heterocycles. The Balaban J connectivity index is 2.34. The lowest BCUT2D eigenvalue weighted by atomic mass is 10.1. The predicted octanol–water partition coefficient (Wildman–Crippen LogP) is 3.03. The number of aliphatic hydroxyl groups is 1. The van der Waals surface area contributed by atoms with Crippen molar-refractivity contribution < 1.29 is 14.6 Å². The summed E-state index contributed by atoms with van der Waals surface area (Å²) in [5, 5.41) is 9.62. The minimum atomic E-state index is -0.472. The zero-order valence-electron chi connectivity index (χ0n) is 10.9. The highest BCUT2D eigenvalue weighted by molar-refractivity contribution is 4.81. The fourth-order valence-corrected chi connectivity index (χ4v) is 2.07. The SMILES string of the molecule is C=CC(O)CC(CCCC)OC1CCCCO1. The quantitative estimate of drug-likeness (QED) is 0.665. The Morgan fingerprint density at radius 3 is 2.94 bits per heavy atom. The van der Waals surface area contributed by atoms with Gasteiger partial charge in [0.25, 0.3) is 0 Å². The number of aliphatic hydroxyl groups excluding tert-OH is 1. The van der Waals surface area contributed by atoms with E-state index in [1.165, 1.54) is 6.42 Å². The summed E-state index contributed by atoms with van der Waals surface area (Å²) in [6.45, 7) is 6.57. The first-order chi connectivity index (χ1) is 8.26. The van der Waals surface area contributed by atoms with Gasteiger partial charge in [0.15, 0.2) is 6.29 Å². The molecule has 3 unspecified atom stereocenters. The van der Waals surface area contributed by atoms with E-state index in [2.05, 4.69) is 13.5 Å². The molecule has 17 heavy (non-hydrogen) atoms. The maximum absolute atomic E-state index is 9.62. The highest BCUT2D eigenvalue weighted by Crippen LogP contribution is 2.20. The zero-order chi connectivity index (χ0) is 12.5. The molecule has 0 aliphatic carbocycles. The van der Waals surface area contributed by atoms with Crippen molar-refractivity contribution in [3.8, 4) is 0 Å². The Hall–Kier alpha value is -0.380. The molecule has 100 valence electrons. The van der Waals surface area contributed by atoms with Crippen molar-refractivity contribution in [2.24, 2.45) is 0 Å². The molecule has 1 heterocycles. The average Bonchev–Trinajstić information content (AvgIpc) is 2.37. The van der Waals surface area contributed by atoms with Crippen LogP contribution in [0.25, 0.3) is 0 Å². The first kappa shape index (κ1) is 14.7. The molecule has 0 aromatic rings. The summed E-state index contributed by atoms with van der Waals surface area (Å²) in [5.74, 6) is 0. The Bertz CT molecular complexity index is 200. The van der Waals surface area contributed by atoms with E-state index >= 15 is 0 Å². The summed E-state index contributed by atoms with van der Waals surface area (Å²) in [6.07, 6.45) is 8.30. The van der Waals surface area contributed by atoms with Gasteiger partial charge in [-0.3, -0.25) is 0 Å². The van der Waals surface area contributed by atoms with Gasteiger partial charge < -0.3 is 14.6 Å². The second kappa shape index (κ2) is 8.67. The van der Waals surface area contributed by atoms with Crippen molar-refractivity contribution in [3.63, 3.8) is 0 Å². The summed E-state index contributed by atoms with van der Waals surface area (Å²) in [4.78, 5) is 0. The van der Waals surface area contributed by atoms with E-state index in [0.29, 0.717) is 6.42 Å². The van der Waals surface area contributed by atoms with Crippen LogP contribution in [0.1, 0.15) is 51.9 Å². The monoisotopic (exact) mass is 242 g/mol. The van der Waals surface area contributed by atoms with Gasteiger partial charge in [0.1, 0.15) is 0 Å². The summed E-state index contributed by atoms with van der Waals surface area (Å²) in [5.41, 5.74) is 0. The van der Waals surface area contributed by atoms with E-state index < -0.39 is 6.10 Å². The summed E-state index contributed by atoms with van der Waals surface area (Å²) in [7, 11) is 0. The molecule has 0 amide bonds. The molecule has 0 radical (unpaired) electrons. The zero-order valence-corrected chi connectivity index (χ0v) is 10.9. The second-order valence-corrected chi connectivity index (χ2v) is 4.74. The topological polar surface area (TPSA) is 38.7 Å². The van der Waals surface area contributed by atoms with Gasteiger partial charge in [0.2, 0.25) is 0 Å². The number of hydrogen-bond donors (Lipinski definition) is 1. The first-order valence-electron chi connectivity index (χ1n) is 6.84. The largest absolute Gasteiger partial charge is 0.389 e. The molecule has 0 aromatic heterocycles. The van der Waals surface area contributed by atoms with Crippen LogP contribution in [0.3, 0.4) is 0 Å². The van der Waals surface area contributed by atoms with Gasteiger partial charge in [-0.1, -0.05) is 25.8 Å². The van der Waals surface area contributed by atoms with Crippen molar-refractivity contribution in [2.75, 3.05) is 6.61 Å². The van der Waals surface area contributed by atoms with E-state index in [9.17, 15) is 5.11 Å². The molecule has 3 nitrogen and oxygen atoms in total. The maximum atomic E-state index is 9.62. The summed E-state index contributed by atoms with van der Waals surface area (Å²) in [6, 6.07) is 0. The standard InChI is InChI=1S/C14H26O3/c1-3-5-8-13(11-12(15)4-2)17-14-9-6-7-10-16-14/h4,12-15H,2-3,5-11H2,1H3. The van der Waals surface area contributed by atoms with Crippen LogP contribution in [0.2, 0.25) is 0 Å². The third kappa shape index (κ3) is 6.20. The number of hydrogen-bond acceptors (Lipinski definition) is 3. The van der Waals surface area contributed by atoms with Crippen LogP contribution >= 0.6 is 0 Å². The van der Waals surface area contributed by atoms with Crippen molar-refractivity contribution >= 4 is 0 Å². The molecule has 1 rings (SSSR count). The Kier molecular flexibility index (Phi) is 7.49. The van der Waals surface area contributed by atoms with Gasteiger partial charge in [-0.25, -0.2) is 0 Å². The van der Waals surface area contributed by atoms with Gasteiger partial charge in [-0.15, -0.1) is 6.58 Å². The Morgan fingerprint density at radius 2 is 2.35 bits per heavy atom. The normalized spacial score (nSPS) is 24.2. The Labute approximate surface area is 105 Å². The lowest BCUT2D eigenvalue weighted by molar-refractivity contribution is -0.193. The van der Waals surface area contributed by atoms with Crippen LogP contribution < -0.4 is 0 Å². The van der Waals surface area contributed by atoms with Crippen molar-refractivity contribution in [1.29, 1.82) is 0 Å². The van der Waals surface area contributed by atoms with Crippen LogP contribution in [0.4, 0.5) is 0 Å². The molecule has 0 spiro atoms. The molecular formula is C14H26O3. The van der Waals surface area contributed by atoms with Crippen molar-refractivity contribution in [2.45, 2.75) is 70.4 Å². The molecule has 0 saturated carbocycles. The molecule has 1 aliphatic heterocycles. The van der Waals surface area contributed by atoms with E-state index in [1.54, 1.807) is 6.08 Å². The second-order valence-electron chi connectivity index (χ2n) is 4.74. The fourth-order valence-electron chi connectivity index (χ4n) is 2.07. The van der Waals surface area contributed by atoms with Gasteiger partial charge in [-0.05, 0) is 25.7 Å². The van der Waals surface area contributed by atoms with E-state index in [-0.39, 0.29) is 12.4 Å². The van der Waals surface area contributed by atoms with E-state index in [0.717, 1.165) is 38.7 Å². The molecular weight excluding hydrogens is 216 g/mol. The van der Waals surface area contributed by atoms with Crippen LogP contribution in [0.15, 0.2) is 12.7 Å². The van der Waals surface area contributed by atoms with E-state index in [4.69, 9.17) is 9.47 Å². The highest BCUT2D eigenvalue weighted by atomic mass is 16.7. The summed E-state index contributed by atoms with van der Waals surface area (Å²) >= 11 is 0. The van der Waals surface area contributed by atoms with Crippen LogP contribution in [0.5, 0.6) is 0 Å².